The largest absolute Gasteiger partial charge is 0.389 e. The number of aryl methyl sites for hydroxylation is 2. The zero-order valence-corrected chi connectivity index (χ0v) is 14.7. The van der Waals surface area contributed by atoms with E-state index in [1.165, 1.54) is 0 Å². The number of rotatable bonds is 3. The van der Waals surface area contributed by atoms with Crippen molar-refractivity contribution >= 4 is 62.9 Å². The maximum absolute atomic E-state index is 6.23. The number of benzene rings is 1. The van der Waals surface area contributed by atoms with E-state index in [0.29, 0.717) is 15.8 Å². The van der Waals surface area contributed by atoms with E-state index in [-0.39, 0.29) is 0 Å². The van der Waals surface area contributed by atoms with Gasteiger partial charge in [0.1, 0.15) is 10.8 Å². The summed E-state index contributed by atoms with van der Waals surface area (Å²) in [5, 5.41) is 3.85. The predicted molar refractivity (Wildman–Crippen MR) is 97.1 cm³/mol. The summed E-state index contributed by atoms with van der Waals surface area (Å²) < 4.78 is 1.07. The number of nitrogens with two attached hydrogens (primary N) is 1. The monoisotopic (exact) mass is 417 g/mol. The first-order valence-electron chi connectivity index (χ1n) is 5.88. The molecule has 104 valence electrons. The zero-order valence-electron chi connectivity index (χ0n) is 11.0. The van der Waals surface area contributed by atoms with Gasteiger partial charge in [-0.3, -0.25) is 0 Å². The number of nitrogens with one attached hydrogen (secondary N) is 1. The molecule has 3 nitrogen and oxygen atoms in total. The van der Waals surface area contributed by atoms with Gasteiger partial charge in [0.2, 0.25) is 0 Å². The van der Waals surface area contributed by atoms with Crippen molar-refractivity contribution in [2.45, 2.75) is 13.8 Å². The van der Waals surface area contributed by atoms with Gasteiger partial charge < -0.3 is 11.1 Å². The van der Waals surface area contributed by atoms with Crippen LogP contribution in [0.5, 0.6) is 0 Å². The van der Waals surface area contributed by atoms with Crippen molar-refractivity contribution in [3.05, 3.63) is 49.7 Å². The van der Waals surface area contributed by atoms with Crippen molar-refractivity contribution in [2.75, 3.05) is 5.32 Å². The number of halogens is 2. The van der Waals surface area contributed by atoms with Crippen LogP contribution in [0.4, 0.5) is 11.5 Å². The first kappa shape index (κ1) is 15.5. The topological polar surface area (TPSA) is 50.9 Å². The van der Waals surface area contributed by atoms with Crippen molar-refractivity contribution in [3.63, 3.8) is 0 Å². The lowest BCUT2D eigenvalue weighted by Crippen LogP contribution is -2.15. The van der Waals surface area contributed by atoms with Crippen LogP contribution >= 0.6 is 46.4 Å². The van der Waals surface area contributed by atoms with E-state index in [1.807, 2.05) is 38.1 Å². The Labute approximate surface area is 142 Å². The van der Waals surface area contributed by atoms with Gasteiger partial charge >= 0.3 is 0 Å². The Hall–Kier alpha value is -0.920. The third-order valence-electron chi connectivity index (χ3n) is 2.78. The van der Waals surface area contributed by atoms with Crippen LogP contribution in [-0.2, 0) is 0 Å². The molecular weight excluding hydrogens is 405 g/mol. The summed E-state index contributed by atoms with van der Waals surface area (Å²) in [6.45, 7) is 3.89. The highest BCUT2D eigenvalue weighted by Gasteiger charge is 2.13. The SMILES string of the molecule is Cc1cc(C)c(C(N)=S)c(Nc2ccc(I)cc2Cl)n1. The summed E-state index contributed by atoms with van der Waals surface area (Å²) in [7, 11) is 0. The van der Waals surface area contributed by atoms with Crippen molar-refractivity contribution in [1.82, 2.24) is 4.98 Å². The van der Waals surface area contributed by atoms with Gasteiger partial charge in [0.25, 0.3) is 0 Å². The van der Waals surface area contributed by atoms with Gasteiger partial charge in [0, 0.05) is 9.26 Å². The fraction of sp³-hybridized carbons (Fsp3) is 0.143. The average molecular weight is 418 g/mol. The van der Waals surface area contributed by atoms with Gasteiger partial charge in [-0.05, 0) is 66.3 Å². The lowest BCUT2D eigenvalue weighted by Gasteiger charge is -2.14. The minimum atomic E-state index is 0.319. The number of hydrogen-bond acceptors (Lipinski definition) is 3. The molecule has 0 amide bonds. The fourth-order valence-electron chi connectivity index (χ4n) is 1.96. The molecule has 20 heavy (non-hydrogen) atoms. The number of nitrogens with zero attached hydrogens (tertiary/aromatic N) is 1. The van der Waals surface area contributed by atoms with E-state index in [1.54, 1.807) is 0 Å². The molecule has 0 radical (unpaired) electrons. The zero-order chi connectivity index (χ0) is 14.9. The van der Waals surface area contributed by atoms with Crippen LogP contribution in [0, 0.1) is 17.4 Å². The second kappa shape index (κ2) is 6.24. The predicted octanol–water partition coefficient (Wildman–Crippen LogP) is 4.33. The first-order chi connectivity index (χ1) is 9.38. The summed E-state index contributed by atoms with van der Waals surface area (Å²) in [5.41, 5.74) is 9.22. The number of pyridine rings is 1. The minimum absolute atomic E-state index is 0.319. The molecule has 1 heterocycles. The highest BCUT2D eigenvalue weighted by molar-refractivity contribution is 14.1. The molecule has 0 saturated heterocycles. The summed E-state index contributed by atoms with van der Waals surface area (Å²) in [6, 6.07) is 7.72. The van der Waals surface area contributed by atoms with E-state index in [0.717, 1.165) is 26.1 Å². The Morgan fingerprint density at radius 1 is 1.35 bits per heavy atom. The maximum Gasteiger partial charge on any atom is 0.141 e. The van der Waals surface area contributed by atoms with E-state index in [4.69, 9.17) is 29.6 Å². The Balaban J connectivity index is 2.50. The molecule has 6 heteroatoms. The third-order valence-corrected chi connectivity index (χ3v) is 3.96. The Morgan fingerprint density at radius 2 is 2.05 bits per heavy atom. The molecule has 0 aliphatic heterocycles. The van der Waals surface area contributed by atoms with Crippen LogP contribution in [0.25, 0.3) is 0 Å². The average Bonchev–Trinajstić information content (AvgIpc) is 2.31. The van der Waals surface area contributed by atoms with Crippen LogP contribution in [0.1, 0.15) is 16.8 Å². The van der Waals surface area contributed by atoms with E-state index >= 15 is 0 Å². The van der Waals surface area contributed by atoms with Crippen molar-refractivity contribution in [3.8, 4) is 0 Å². The van der Waals surface area contributed by atoms with Crippen LogP contribution in [-0.4, -0.2) is 9.97 Å². The van der Waals surface area contributed by atoms with Crippen LogP contribution < -0.4 is 11.1 Å². The van der Waals surface area contributed by atoms with E-state index in [9.17, 15) is 0 Å². The molecule has 0 aliphatic rings. The molecule has 1 aromatic heterocycles. The summed E-state index contributed by atoms with van der Waals surface area (Å²) in [4.78, 5) is 4.79. The quantitative estimate of drug-likeness (QED) is 0.576. The first-order valence-corrected chi connectivity index (χ1v) is 7.75. The van der Waals surface area contributed by atoms with Crippen molar-refractivity contribution < 1.29 is 0 Å². The van der Waals surface area contributed by atoms with Gasteiger partial charge in [-0.25, -0.2) is 4.98 Å². The Morgan fingerprint density at radius 3 is 2.65 bits per heavy atom. The molecule has 0 bridgehead atoms. The number of hydrogen-bond donors (Lipinski definition) is 2. The lowest BCUT2D eigenvalue weighted by molar-refractivity contribution is 1.17. The summed E-state index contributed by atoms with van der Waals surface area (Å²) in [6.07, 6.45) is 0. The molecule has 2 aromatic rings. The van der Waals surface area contributed by atoms with Crippen LogP contribution in [0.3, 0.4) is 0 Å². The molecule has 0 saturated carbocycles. The highest BCUT2D eigenvalue weighted by atomic mass is 127. The lowest BCUT2D eigenvalue weighted by atomic mass is 10.1. The molecule has 1 aromatic carbocycles. The van der Waals surface area contributed by atoms with Gasteiger partial charge in [-0.1, -0.05) is 23.8 Å². The Bertz CT molecular complexity index is 688. The van der Waals surface area contributed by atoms with Crippen molar-refractivity contribution in [1.29, 1.82) is 0 Å². The Kier molecular flexibility index (Phi) is 4.82. The summed E-state index contributed by atoms with van der Waals surface area (Å²) >= 11 is 13.6. The molecular formula is C14H13ClIN3S. The molecule has 0 aliphatic carbocycles. The number of aromatic nitrogens is 1. The minimum Gasteiger partial charge on any atom is -0.389 e. The van der Waals surface area contributed by atoms with Gasteiger partial charge in [-0.15, -0.1) is 0 Å². The molecule has 2 rings (SSSR count). The van der Waals surface area contributed by atoms with Gasteiger partial charge in [0.05, 0.1) is 16.3 Å². The normalized spacial score (nSPS) is 10.4. The second-order valence-corrected chi connectivity index (χ2v) is 6.51. The summed E-state index contributed by atoms with van der Waals surface area (Å²) in [5.74, 6) is 0.637. The smallest absolute Gasteiger partial charge is 0.141 e. The van der Waals surface area contributed by atoms with Crippen LogP contribution in [0.15, 0.2) is 24.3 Å². The second-order valence-electron chi connectivity index (χ2n) is 4.42. The van der Waals surface area contributed by atoms with Gasteiger partial charge in [0.15, 0.2) is 0 Å². The van der Waals surface area contributed by atoms with Crippen molar-refractivity contribution in [2.24, 2.45) is 5.73 Å². The maximum atomic E-state index is 6.23. The number of anilines is 2. The van der Waals surface area contributed by atoms with E-state index < -0.39 is 0 Å². The fourth-order valence-corrected chi connectivity index (χ4v) is 3.12. The molecule has 0 unspecified atom stereocenters. The van der Waals surface area contributed by atoms with Crippen LogP contribution in [0.2, 0.25) is 5.02 Å². The standard InChI is InChI=1S/C14H13ClIN3S/c1-7-5-8(2)18-14(12(7)13(17)20)19-11-4-3-9(16)6-10(11)15/h3-6H,1-2H3,(H2,17,20)(H,18,19). The highest BCUT2D eigenvalue weighted by Crippen LogP contribution is 2.29. The number of thiocarbonyl (C=S) groups is 1. The van der Waals surface area contributed by atoms with Gasteiger partial charge in [-0.2, -0.15) is 0 Å². The molecule has 0 atom stereocenters. The molecule has 3 N–H and O–H groups in total. The third kappa shape index (κ3) is 3.39. The molecule has 0 spiro atoms. The van der Waals surface area contributed by atoms with E-state index in [2.05, 4.69) is 32.9 Å². The molecule has 0 fully saturated rings.